The van der Waals surface area contributed by atoms with E-state index >= 15 is 0 Å². The first-order valence-electron chi connectivity index (χ1n) is 8.45. The van der Waals surface area contributed by atoms with Gasteiger partial charge < -0.3 is 4.74 Å². The van der Waals surface area contributed by atoms with Crippen LogP contribution in [0, 0.1) is 0 Å². The second kappa shape index (κ2) is 11.0. The summed E-state index contributed by atoms with van der Waals surface area (Å²) in [4.78, 5) is 23.2. The molecule has 0 bridgehead atoms. The van der Waals surface area contributed by atoms with Crippen LogP contribution < -0.4 is 0 Å². The average Bonchev–Trinajstić information content (AvgIpc) is 2.53. The Morgan fingerprint density at radius 1 is 0.909 bits per heavy atom. The first kappa shape index (κ1) is 18.4. The maximum atomic E-state index is 12.0. The molecule has 1 rings (SSSR count). The number of hydrogen-bond acceptors (Lipinski definition) is 3. The van der Waals surface area contributed by atoms with Gasteiger partial charge >= 0.3 is 5.97 Å². The van der Waals surface area contributed by atoms with Crippen molar-refractivity contribution in [1.29, 1.82) is 0 Å². The fourth-order valence-electron chi connectivity index (χ4n) is 2.38. The molecule has 0 atom stereocenters. The Kier molecular flexibility index (Phi) is 9.20. The zero-order chi connectivity index (χ0) is 16.2. The molecule has 22 heavy (non-hydrogen) atoms. The average molecular weight is 304 g/mol. The molecule has 0 amide bonds. The first-order valence-corrected chi connectivity index (χ1v) is 8.45. The van der Waals surface area contributed by atoms with E-state index in [1.165, 1.54) is 37.7 Å². The number of ether oxygens (including phenoxy) is 1. The van der Waals surface area contributed by atoms with Gasteiger partial charge in [-0.2, -0.15) is 0 Å². The molecule has 0 radical (unpaired) electrons. The van der Waals surface area contributed by atoms with Crippen LogP contribution in [0.15, 0.2) is 24.3 Å². The van der Waals surface area contributed by atoms with Crippen LogP contribution >= 0.6 is 0 Å². The topological polar surface area (TPSA) is 43.4 Å². The Labute approximate surface area is 134 Å². The van der Waals surface area contributed by atoms with Crippen molar-refractivity contribution in [1.82, 2.24) is 0 Å². The smallest absolute Gasteiger partial charge is 0.306 e. The number of Topliss-reactive ketones (excluding diaryl/α,β-unsaturated/α-hetero) is 1. The van der Waals surface area contributed by atoms with E-state index in [0.29, 0.717) is 12.2 Å². The maximum absolute atomic E-state index is 12.0. The number of benzene rings is 1. The van der Waals surface area contributed by atoms with Gasteiger partial charge in [-0.1, -0.05) is 56.9 Å². The van der Waals surface area contributed by atoms with E-state index in [1.807, 2.05) is 24.3 Å². The molecule has 0 heterocycles. The molecule has 0 N–H and O–H groups in total. The lowest BCUT2D eigenvalue weighted by molar-refractivity contribution is -0.143. The molecule has 0 saturated heterocycles. The van der Waals surface area contributed by atoms with Gasteiger partial charge in [0.2, 0.25) is 0 Å². The predicted octanol–water partition coefficient (Wildman–Crippen LogP) is 4.73. The van der Waals surface area contributed by atoms with Crippen LogP contribution in [0.3, 0.4) is 0 Å². The predicted molar refractivity (Wildman–Crippen MR) is 89.1 cm³/mol. The maximum Gasteiger partial charge on any atom is 0.306 e. The Morgan fingerprint density at radius 2 is 1.59 bits per heavy atom. The lowest BCUT2D eigenvalue weighted by Crippen LogP contribution is -2.08. The fraction of sp³-hybridized carbons (Fsp3) is 0.579. The highest BCUT2D eigenvalue weighted by Crippen LogP contribution is 2.12. The van der Waals surface area contributed by atoms with Gasteiger partial charge in [-0.05, 0) is 25.3 Å². The molecule has 0 aromatic heterocycles. The van der Waals surface area contributed by atoms with Gasteiger partial charge in [0.1, 0.15) is 0 Å². The summed E-state index contributed by atoms with van der Waals surface area (Å²) in [6.07, 6.45) is 7.81. The van der Waals surface area contributed by atoms with E-state index in [0.717, 1.165) is 6.42 Å². The van der Waals surface area contributed by atoms with Crippen molar-refractivity contribution in [2.75, 3.05) is 6.61 Å². The molecule has 0 spiro atoms. The molecule has 1 aromatic carbocycles. The summed E-state index contributed by atoms with van der Waals surface area (Å²) < 4.78 is 4.83. The molecule has 0 fully saturated rings. The first-order chi connectivity index (χ1) is 10.7. The Balaban J connectivity index is 2.34. The van der Waals surface area contributed by atoms with Gasteiger partial charge in [-0.25, -0.2) is 0 Å². The quantitative estimate of drug-likeness (QED) is 0.337. The molecule has 0 unspecified atom stereocenters. The summed E-state index contributed by atoms with van der Waals surface area (Å²) in [5.41, 5.74) is 1.96. The number of hydrogen-bond donors (Lipinski definition) is 0. The number of aryl methyl sites for hydroxylation is 1. The minimum absolute atomic E-state index is 0.00236. The third-order valence-corrected chi connectivity index (χ3v) is 3.71. The largest absolute Gasteiger partial charge is 0.466 e. The standard InChI is InChI=1S/C19H28O3/c1-3-5-6-7-8-9-16-10-12-17(13-11-16)18(20)14-15-19(21)22-4-2/h10-13H,3-9,14-15H2,1-2H3. The van der Waals surface area contributed by atoms with Gasteiger partial charge in [0.25, 0.3) is 0 Å². The van der Waals surface area contributed by atoms with Crippen LogP contribution in [0.4, 0.5) is 0 Å². The SMILES string of the molecule is CCCCCCCc1ccc(C(=O)CCC(=O)OCC)cc1. The van der Waals surface area contributed by atoms with Gasteiger partial charge in [0.05, 0.1) is 13.0 Å². The van der Waals surface area contributed by atoms with Crippen LogP contribution in [-0.4, -0.2) is 18.4 Å². The van der Waals surface area contributed by atoms with E-state index < -0.39 is 0 Å². The summed E-state index contributed by atoms with van der Waals surface area (Å²) >= 11 is 0. The molecular formula is C19H28O3. The fourth-order valence-corrected chi connectivity index (χ4v) is 2.38. The highest BCUT2D eigenvalue weighted by atomic mass is 16.5. The third-order valence-electron chi connectivity index (χ3n) is 3.71. The van der Waals surface area contributed by atoms with Crippen LogP contribution in [0.1, 0.15) is 74.7 Å². The number of carbonyl (C=O) groups excluding carboxylic acids is 2. The van der Waals surface area contributed by atoms with E-state index in [2.05, 4.69) is 6.92 Å². The molecule has 122 valence electrons. The van der Waals surface area contributed by atoms with E-state index in [1.54, 1.807) is 6.92 Å². The lowest BCUT2D eigenvalue weighted by atomic mass is 10.0. The number of rotatable bonds is 11. The van der Waals surface area contributed by atoms with Crippen molar-refractivity contribution in [2.45, 2.75) is 65.2 Å². The molecule has 3 nitrogen and oxygen atoms in total. The van der Waals surface area contributed by atoms with Gasteiger partial charge in [0.15, 0.2) is 5.78 Å². The molecular weight excluding hydrogens is 276 g/mol. The highest BCUT2D eigenvalue weighted by molar-refractivity contribution is 5.97. The van der Waals surface area contributed by atoms with Gasteiger partial charge in [0, 0.05) is 12.0 Å². The van der Waals surface area contributed by atoms with Crippen LogP contribution in [0.5, 0.6) is 0 Å². The number of unbranched alkanes of at least 4 members (excludes halogenated alkanes) is 4. The number of carbonyl (C=O) groups is 2. The molecule has 0 aliphatic heterocycles. The van der Waals surface area contributed by atoms with Crippen LogP contribution in [0.25, 0.3) is 0 Å². The van der Waals surface area contributed by atoms with Gasteiger partial charge in [-0.3, -0.25) is 9.59 Å². The Bertz CT molecular complexity index is 448. The number of ketones is 1. The van der Waals surface area contributed by atoms with Crippen molar-refractivity contribution < 1.29 is 14.3 Å². The highest BCUT2D eigenvalue weighted by Gasteiger charge is 2.09. The molecule has 0 saturated carbocycles. The summed E-state index contributed by atoms with van der Waals surface area (Å²) in [6, 6.07) is 7.79. The van der Waals surface area contributed by atoms with E-state index in [4.69, 9.17) is 4.74 Å². The van der Waals surface area contributed by atoms with Crippen molar-refractivity contribution in [2.24, 2.45) is 0 Å². The normalized spacial score (nSPS) is 10.5. The molecule has 3 heteroatoms. The Hall–Kier alpha value is -1.64. The zero-order valence-electron chi connectivity index (χ0n) is 13.9. The summed E-state index contributed by atoms with van der Waals surface area (Å²) in [7, 11) is 0. The molecule has 0 aliphatic carbocycles. The molecule has 1 aromatic rings. The number of esters is 1. The lowest BCUT2D eigenvalue weighted by Gasteiger charge is -2.05. The molecule has 0 aliphatic rings. The van der Waals surface area contributed by atoms with Crippen molar-refractivity contribution >= 4 is 11.8 Å². The van der Waals surface area contributed by atoms with Gasteiger partial charge in [-0.15, -0.1) is 0 Å². The summed E-state index contributed by atoms with van der Waals surface area (Å²) in [5.74, 6) is -0.304. The van der Waals surface area contributed by atoms with Crippen molar-refractivity contribution in [3.05, 3.63) is 35.4 Å². The monoisotopic (exact) mass is 304 g/mol. The summed E-state index contributed by atoms with van der Waals surface area (Å²) in [6.45, 7) is 4.35. The second-order valence-corrected chi connectivity index (χ2v) is 5.59. The van der Waals surface area contributed by atoms with E-state index in [9.17, 15) is 9.59 Å². The second-order valence-electron chi connectivity index (χ2n) is 5.59. The van der Waals surface area contributed by atoms with Crippen molar-refractivity contribution in [3.8, 4) is 0 Å². The van der Waals surface area contributed by atoms with Crippen molar-refractivity contribution in [3.63, 3.8) is 0 Å². The Morgan fingerprint density at radius 3 is 2.23 bits per heavy atom. The third kappa shape index (κ3) is 7.39. The minimum Gasteiger partial charge on any atom is -0.466 e. The zero-order valence-corrected chi connectivity index (χ0v) is 13.9. The van der Waals surface area contributed by atoms with Crippen LogP contribution in [0.2, 0.25) is 0 Å². The minimum atomic E-state index is -0.306. The summed E-state index contributed by atoms with van der Waals surface area (Å²) in [5, 5.41) is 0. The van der Waals surface area contributed by atoms with E-state index in [-0.39, 0.29) is 24.6 Å². The van der Waals surface area contributed by atoms with Crippen LogP contribution in [-0.2, 0) is 16.0 Å².